The molecule has 0 radical (unpaired) electrons. The van der Waals surface area contributed by atoms with Gasteiger partial charge in [-0.25, -0.2) is 14.0 Å². The molecule has 1 aromatic carbocycles. The molecule has 0 saturated heterocycles. The molecule has 3 N–H and O–H groups in total. The fraction of sp³-hybridized carbons (Fsp3) is 0.333. The molecule has 0 bridgehead atoms. The number of carboxylic acid groups (broad SMARTS) is 1. The second-order valence-electron chi connectivity index (χ2n) is 4.41. The van der Waals surface area contributed by atoms with Crippen LogP contribution in [0.2, 0.25) is 5.02 Å². The standard InChI is InChI=1S/C12H12ClFN2O3/c13-7-3-8(14)5-9(4-7)15-12(19)16-10(11(17)18)6-1-2-6/h3-6,10H,1-2H2,(H,17,18)(H2,15,16,19). The first kappa shape index (κ1) is 13.6. The molecule has 1 unspecified atom stereocenters. The van der Waals surface area contributed by atoms with Gasteiger partial charge in [0.25, 0.3) is 0 Å². The van der Waals surface area contributed by atoms with Crippen LogP contribution in [0.15, 0.2) is 18.2 Å². The largest absolute Gasteiger partial charge is 0.480 e. The van der Waals surface area contributed by atoms with Gasteiger partial charge in [0.2, 0.25) is 0 Å². The van der Waals surface area contributed by atoms with Crippen LogP contribution in [0.1, 0.15) is 12.8 Å². The fourth-order valence-electron chi connectivity index (χ4n) is 1.75. The van der Waals surface area contributed by atoms with Gasteiger partial charge in [-0.15, -0.1) is 0 Å². The van der Waals surface area contributed by atoms with Crippen molar-refractivity contribution >= 4 is 29.3 Å². The molecule has 5 nitrogen and oxygen atoms in total. The van der Waals surface area contributed by atoms with Crippen LogP contribution in [0.3, 0.4) is 0 Å². The van der Waals surface area contributed by atoms with Gasteiger partial charge in [-0.1, -0.05) is 11.6 Å². The molecule has 2 rings (SSSR count). The van der Waals surface area contributed by atoms with Gasteiger partial charge >= 0.3 is 12.0 Å². The highest BCUT2D eigenvalue weighted by molar-refractivity contribution is 6.30. The summed E-state index contributed by atoms with van der Waals surface area (Å²) in [5.41, 5.74) is 0.169. The minimum atomic E-state index is -1.07. The summed E-state index contributed by atoms with van der Waals surface area (Å²) < 4.78 is 13.1. The van der Waals surface area contributed by atoms with Gasteiger partial charge in [-0.05, 0) is 37.0 Å². The number of nitrogens with one attached hydrogen (secondary N) is 2. The average Bonchev–Trinajstić information content (AvgIpc) is 3.07. The molecule has 2 amide bonds. The maximum absolute atomic E-state index is 13.1. The Kier molecular flexibility index (Phi) is 3.90. The molecule has 0 heterocycles. The SMILES string of the molecule is O=C(Nc1cc(F)cc(Cl)c1)NC(C(=O)O)C1CC1. The first-order valence-electron chi connectivity index (χ1n) is 5.72. The number of carbonyl (C=O) groups is 2. The summed E-state index contributed by atoms with van der Waals surface area (Å²) in [5, 5.41) is 13.8. The molecular weight excluding hydrogens is 275 g/mol. The number of carboxylic acids is 1. The van der Waals surface area contributed by atoms with E-state index in [1.54, 1.807) is 0 Å². The zero-order valence-corrected chi connectivity index (χ0v) is 10.6. The Morgan fingerprint density at radius 3 is 2.58 bits per heavy atom. The maximum atomic E-state index is 13.1. The van der Waals surface area contributed by atoms with Crippen molar-refractivity contribution in [3.05, 3.63) is 29.0 Å². The summed E-state index contributed by atoms with van der Waals surface area (Å²) in [4.78, 5) is 22.6. The van der Waals surface area contributed by atoms with E-state index in [1.807, 2.05) is 0 Å². The molecule has 1 atom stereocenters. The van der Waals surface area contributed by atoms with Crippen molar-refractivity contribution in [3.8, 4) is 0 Å². The smallest absolute Gasteiger partial charge is 0.326 e. The van der Waals surface area contributed by atoms with Crippen LogP contribution in [0.4, 0.5) is 14.9 Å². The van der Waals surface area contributed by atoms with Crippen molar-refractivity contribution < 1.29 is 19.1 Å². The van der Waals surface area contributed by atoms with Crippen molar-refractivity contribution in [2.75, 3.05) is 5.32 Å². The Morgan fingerprint density at radius 1 is 1.37 bits per heavy atom. The molecule has 19 heavy (non-hydrogen) atoms. The third kappa shape index (κ3) is 3.82. The Labute approximate surface area is 113 Å². The summed E-state index contributed by atoms with van der Waals surface area (Å²) in [6.07, 6.45) is 1.56. The van der Waals surface area contributed by atoms with Crippen molar-refractivity contribution in [2.24, 2.45) is 5.92 Å². The summed E-state index contributed by atoms with van der Waals surface area (Å²) in [6.45, 7) is 0. The summed E-state index contributed by atoms with van der Waals surface area (Å²) in [6, 6.07) is 1.97. The van der Waals surface area contributed by atoms with E-state index < -0.39 is 23.9 Å². The second kappa shape index (κ2) is 5.44. The average molecular weight is 287 g/mol. The quantitative estimate of drug-likeness (QED) is 0.795. The van der Waals surface area contributed by atoms with E-state index in [1.165, 1.54) is 6.07 Å². The van der Waals surface area contributed by atoms with Crippen molar-refractivity contribution in [2.45, 2.75) is 18.9 Å². The van der Waals surface area contributed by atoms with E-state index in [2.05, 4.69) is 10.6 Å². The zero-order valence-electron chi connectivity index (χ0n) is 9.82. The summed E-state index contributed by atoms with van der Waals surface area (Å²) in [5.74, 6) is -1.69. The molecule has 0 aliphatic heterocycles. The number of benzene rings is 1. The number of carbonyl (C=O) groups excluding carboxylic acids is 1. The number of hydrogen-bond acceptors (Lipinski definition) is 2. The minimum Gasteiger partial charge on any atom is -0.480 e. The monoisotopic (exact) mass is 286 g/mol. The van der Waals surface area contributed by atoms with Gasteiger partial charge in [0, 0.05) is 10.7 Å². The van der Waals surface area contributed by atoms with Gasteiger partial charge in [0.15, 0.2) is 0 Å². The number of hydrogen-bond donors (Lipinski definition) is 3. The lowest BCUT2D eigenvalue weighted by Gasteiger charge is -2.14. The molecule has 1 saturated carbocycles. The Bertz CT molecular complexity index is 499. The Hall–Kier alpha value is -1.82. The van der Waals surface area contributed by atoms with Crippen LogP contribution < -0.4 is 10.6 Å². The van der Waals surface area contributed by atoms with Crippen molar-refractivity contribution in [3.63, 3.8) is 0 Å². The third-order valence-corrected chi connectivity index (χ3v) is 2.98. The number of urea groups is 1. The van der Waals surface area contributed by atoms with Crippen LogP contribution >= 0.6 is 11.6 Å². The van der Waals surface area contributed by atoms with E-state index in [0.29, 0.717) is 0 Å². The van der Waals surface area contributed by atoms with Crippen LogP contribution in [0, 0.1) is 11.7 Å². The van der Waals surface area contributed by atoms with Crippen LogP contribution in [0.25, 0.3) is 0 Å². The lowest BCUT2D eigenvalue weighted by Crippen LogP contribution is -2.44. The number of rotatable bonds is 4. The number of halogens is 2. The minimum absolute atomic E-state index is 0.0284. The lowest BCUT2D eigenvalue weighted by molar-refractivity contribution is -0.139. The molecule has 1 fully saturated rings. The molecule has 1 aromatic rings. The third-order valence-electron chi connectivity index (χ3n) is 2.77. The van der Waals surface area contributed by atoms with E-state index in [-0.39, 0.29) is 16.6 Å². The molecule has 7 heteroatoms. The Morgan fingerprint density at radius 2 is 2.05 bits per heavy atom. The van der Waals surface area contributed by atoms with E-state index in [4.69, 9.17) is 16.7 Å². The van der Waals surface area contributed by atoms with Gasteiger partial charge in [-0.2, -0.15) is 0 Å². The molecule has 0 aromatic heterocycles. The molecule has 102 valence electrons. The molecular formula is C12H12ClFN2O3. The zero-order chi connectivity index (χ0) is 14.0. The number of anilines is 1. The highest BCUT2D eigenvalue weighted by atomic mass is 35.5. The van der Waals surface area contributed by atoms with Gasteiger partial charge in [0.05, 0.1) is 0 Å². The van der Waals surface area contributed by atoms with E-state index in [9.17, 15) is 14.0 Å². The van der Waals surface area contributed by atoms with Crippen molar-refractivity contribution in [1.82, 2.24) is 5.32 Å². The number of aliphatic carboxylic acids is 1. The summed E-state index contributed by atoms with van der Waals surface area (Å²) >= 11 is 5.64. The first-order valence-corrected chi connectivity index (χ1v) is 6.10. The number of amides is 2. The lowest BCUT2D eigenvalue weighted by atomic mass is 10.2. The highest BCUT2D eigenvalue weighted by Gasteiger charge is 2.37. The van der Waals surface area contributed by atoms with Gasteiger partial charge in [0.1, 0.15) is 11.9 Å². The van der Waals surface area contributed by atoms with E-state index >= 15 is 0 Å². The van der Waals surface area contributed by atoms with Crippen LogP contribution in [-0.2, 0) is 4.79 Å². The Balaban J connectivity index is 1.98. The van der Waals surface area contributed by atoms with E-state index in [0.717, 1.165) is 25.0 Å². The second-order valence-corrected chi connectivity index (χ2v) is 4.85. The fourth-order valence-corrected chi connectivity index (χ4v) is 1.97. The topological polar surface area (TPSA) is 78.4 Å². The predicted molar refractivity (Wildman–Crippen MR) is 67.7 cm³/mol. The highest BCUT2D eigenvalue weighted by Crippen LogP contribution is 2.32. The van der Waals surface area contributed by atoms with Crippen LogP contribution in [0.5, 0.6) is 0 Å². The van der Waals surface area contributed by atoms with Gasteiger partial charge in [-0.3, -0.25) is 0 Å². The summed E-state index contributed by atoms with van der Waals surface area (Å²) in [7, 11) is 0. The molecule has 0 spiro atoms. The molecule has 1 aliphatic carbocycles. The van der Waals surface area contributed by atoms with Crippen LogP contribution in [-0.4, -0.2) is 23.1 Å². The predicted octanol–water partition coefficient (Wildman–Crippen LogP) is 2.46. The van der Waals surface area contributed by atoms with Crippen molar-refractivity contribution in [1.29, 1.82) is 0 Å². The molecule has 1 aliphatic rings. The normalized spacial score (nSPS) is 15.7. The maximum Gasteiger partial charge on any atom is 0.326 e. The first-order chi connectivity index (χ1) is 8.95. The van der Waals surface area contributed by atoms with Gasteiger partial charge < -0.3 is 15.7 Å².